The monoisotopic (exact) mass is 1150 g/mol. The number of nitro groups is 2. The Bertz CT molecular complexity index is 2670. The highest BCUT2D eigenvalue weighted by Crippen LogP contribution is 2.25. The summed E-state index contributed by atoms with van der Waals surface area (Å²) in [6.07, 6.45) is 0.432. The van der Waals surface area contributed by atoms with Crippen molar-refractivity contribution in [2.75, 3.05) is 41.6 Å². The Morgan fingerprint density at radius 2 is 0.889 bits per heavy atom. The first kappa shape index (κ1) is 87.6. The number of nitrogens with zero attached hydrogens (tertiary/aromatic N) is 3. The second kappa shape index (κ2) is 47.6. The number of benzene rings is 6. The number of hydrogen-bond acceptors (Lipinski definition) is 13. The van der Waals surface area contributed by atoms with Gasteiger partial charge in [-0.2, -0.15) is 0 Å². The van der Waals surface area contributed by atoms with Gasteiger partial charge in [-0.25, -0.2) is 0 Å². The van der Waals surface area contributed by atoms with Crippen molar-refractivity contribution in [2.24, 2.45) is 0 Å². The van der Waals surface area contributed by atoms with Gasteiger partial charge in [0.05, 0.1) is 29.7 Å². The maximum absolute atomic E-state index is 10.8. The van der Waals surface area contributed by atoms with Crippen molar-refractivity contribution in [1.29, 1.82) is 0 Å². The molecular weight excluding hydrogens is 1050 g/mol. The number of ether oxygens (including phenoxy) is 1. The number of nitrogens with two attached hydrogens (primary N) is 2. The normalized spacial score (nSPS) is 9.59. The van der Waals surface area contributed by atoms with E-state index >= 15 is 0 Å². The van der Waals surface area contributed by atoms with E-state index in [1.54, 1.807) is 42.2 Å². The standard InChI is InChI=1S/C11H17NO2.C10H11NO2.2C8H9NO2.C8H11NO.C8H11N.C3H5ClO.C2H6.6CH4/c1-3-14-8-12-11-5-4-9(2)10(6-11)7-13;1-7-2-3-9(4-8(7)6-12)11-5-10(11)13;2*1-6-3-4-8(9(10)11)5-7(6)2;1-6-2-3-8(9)4-7(6)5-10;1-6-3-4-8(9)5-7(6)2;1-2-3(4)5;1-2;;;;;;/h4-6,12-13H,3,7-8H2,1-2H3;2-4,12H,5-6H2,1H3;2*3-5H,1-2H3;2-4,10H,5,9H2,1H3;3-5H,9H2,1-2H3;2H2,1H3;1-2H3;6*1H4. The quantitative estimate of drug-likeness (QED) is 0.0134. The van der Waals surface area contributed by atoms with E-state index in [-0.39, 0.29) is 96.8 Å². The van der Waals surface area contributed by atoms with E-state index in [1.165, 1.54) is 23.3 Å². The fourth-order valence-electron chi connectivity index (χ4n) is 5.82. The van der Waals surface area contributed by atoms with E-state index in [2.05, 4.69) is 19.2 Å². The fourth-order valence-corrected chi connectivity index (χ4v) is 5.82. The van der Waals surface area contributed by atoms with Crippen molar-refractivity contribution < 1.29 is 39.5 Å². The Hall–Kier alpha value is -7.21. The molecule has 6 aromatic carbocycles. The van der Waals surface area contributed by atoms with Gasteiger partial charge in [-0.15, -0.1) is 0 Å². The lowest BCUT2D eigenvalue weighted by Gasteiger charge is -2.09. The summed E-state index contributed by atoms with van der Waals surface area (Å²) in [4.78, 5) is 41.9. The van der Waals surface area contributed by atoms with E-state index in [1.807, 2.05) is 136 Å². The van der Waals surface area contributed by atoms with Crippen LogP contribution in [0.5, 0.6) is 0 Å². The van der Waals surface area contributed by atoms with E-state index in [4.69, 9.17) is 43.1 Å². The second-order valence-corrected chi connectivity index (χ2v) is 17.2. The average molecular weight is 1150 g/mol. The van der Waals surface area contributed by atoms with Crippen LogP contribution in [0.15, 0.2) is 109 Å². The largest absolute Gasteiger partial charge is 0.399 e. The van der Waals surface area contributed by atoms with Crippen molar-refractivity contribution in [3.63, 3.8) is 0 Å². The average Bonchev–Trinajstić information content (AvgIpc) is 4.13. The van der Waals surface area contributed by atoms with Gasteiger partial charge in [-0.05, 0) is 196 Å². The molecule has 0 unspecified atom stereocenters. The molecule has 0 radical (unpaired) electrons. The molecule has 7 rings (SSSR count). The maximum Gasteiger partial charge on any atom is 0.269 e. The first-order valence-electron chi connectivity index (χ1n) is 24.4. The summed E-state index contributed by atoms with van der Waals surface area (Å²) in [6, 6.07) is 32.7. The lowest BCUT2D eigenvalue weighted by atomic mass is 10.1. The van der Waals surface area contributed by atoms with Crippen LogP contribution in [-0.2, 0) is 34.1 Å². The fraction of sp³-hybridized carbons (Fsp3) is 0.406. The number of amides is 1. The molecule has 1 fully saturated rings. The summed E-state index contributed by atoms with van der Waals surface area (Å²) in [5.74, 6) is 0.146. The number of non-ortho nitro benzene ring substituents is 2. The first-order valence-corrected chi connectivity index (χ1v) is 24.7. The number of carbonyl (C=O) groups excluding carboxylic acids is 2. The van der Waals surface area contributed by atoms with Crippen LogP contribution < -0.4 is 21.7 Å². The van der Waals surface area contributed by atoms with Gasteiger partial charge in [0.25, 0.3) is 11.4 Å². The van der Waals surface area contributed by atoms with E-state index in [0.29, 0.717) is 32.0 Å². The molecule has 0 bridgehead atoms. The molecule has 456 valence electrons. The van der Waals surface area contributed by atoms with Gasteiger partial charge in [0.1, 0.15) is 13.3 Å². The SMILES string of the molecule is C.C.C.C.C.C.CC.CCC(=O)Cl.CCOCNc1ccc(C)c(CO)c1.Cc1ccc(N)cc1C.Cc1ccc(N)cc1CO.Cc1ccc(N2CC2=O)cc1CO.Cc1ccc([N+](=O)[O-])cc1C.Cc1ccc([N+](=O)[O-])cc1C. The summed E-state index contributed by atoms with van der Waals surface area (Å²) in [5.41, 5.74) is 27.4. The van der Waals surface area contributed by atoms with Crippen LogP contribution >= 0.6 is 11.6 Å². The van der Waals surface area contributed by atoms with Crippen LogP contribution in [0.2, 0.25) is 0 Å². The number of halogens is 1. The molecular formula is C64H103ClN6O10. The van der Waals surface area contributed by atoms with Crippen molar-refractivity contribution in [3.05, 3.63) is 196 Å². The minimum Gasteiger partial charge on any atom is -0.399 e. The minimum atomic E-state index is -0.382. The predicted molar refractivity (Wildman–Crippen MR) is 347 cm³/mol. The van der Waals surface area contributed by atoms with E-state index < -0.39 is 0 Å². The summed E-state index contributed by atoms with van der Waals surface area (Å²) in [7, 11) is 0. The number of nitro benzene ring substituents is 2. The molecule has 81 heavy (non-hydrogen) atoms. The zero-order valence-electron chi connectivity index (χ0n) is 45.9. The van der Waals surface area contributed by atoms with Crippen molar-refractivity contribution in [1.82, 2.24) is 0 Å². The number of aliphatic hydroxyl groups is 3. The molecule has 1 amide bonds. The molecule has 17 heteroatoms. The molecule has 8 N–H and O–H groups in total. The molecule has 16 nitrogen and oxygen atoms in total. The Labute approximate surface area is 492 Å². The molecule has 1 aliphatic rings. The number of nitrogens with one attached hydrogen (secondary N) is 1. The van der Waals surface area contributed by atoms with Crippen molar-refractivity contribution >= 4 is 56.9 Å². The highest BCUT2D eigenvalue weighted by Gasteiger charge is 2.31. The summed E-state index contributed by atoms with van der Waals surface area (Å²) in [5, 5.41) is 50.2. The maximum atomic E-state index is 10.8. The van der Waals surface area contributed by atoms with Gasteiger partial charge in [0.15, 0.2) is 0 Å². The van der Waals surface area contributed by atoms with Gasteiger partial charge >= 0.3 is 0 Å². The molecule has 1 heterocycles. The Morgan fingerprint density at radius 1 is 0.556 bits per heavy atom. The number of hydrogen-bond donors (Lipinski definition) is 6. The van der Waals surface area contributed by atoms with Gasteiger partial charge in [0, 0.05) is 60.0 Å². The molecule has 0 aromatic heterocycles. The first-order chi connectivity index (χ1) is 35.4. The van der Waals surface area contributed by atoms with Gasteiger partial charge < -0.3 is 41.7 Å². The number of rotatable bonds is 11. The zero-order valence-corrected chi connectivity index (χ0v) is 46.7. The molecule has 1 aliphatic heterocycles. The molecule has 0 spiro atoms. The number of nitrogen functional groups attached to an aromatic ring is 2. The van der Waals surface area contributed by atoms with Gasteiger partial charge in [0.2, 0.25) is 11.1 Å². The highest BCUT2D eigenvalue weighted by molar-refractivity contribution is 6.63. The lowest BCUT2D eigenvalue weighted by Crippen LogP contribution is -2.06. The Kier molecular flexibility index (Phi) is 51.5. The third kappa shape index (κ3) is 35.2. The third-order valence-electron chi connectivity index (χ3n) is 11.2. The van der Waals surface area contributed by atoms with Crippen molar-refractivity contribution in [2.45, 2.75) is 161 Å². The summed E-state index contributed by atoms with van der Waals surface area (Å²) < 4.78 is 5.17. The predicted octanol–water partition coefficient (Wildman–Crippen LogP) is 16.1. The van der Waals surface area contributed by atoms with Gasteiger partial charge in [-0.1, -0.05) is 102 Å². The van der Waals surface area contributed by atoms with Crippen LogP contribution in [0.25, 0.3) is 0 Å². The third-order valence-corrected chi connectivity index (χ3v) is 11.4. The number of aryl methyl sites for hydroxylation is 9. The zero-order chi connectivity index (χ0) is 57.4. The second-order valence-electron chi connectivity index (χ2n) is 16.8. The number of carbonyl (C=O) groups is 2. The topological polar surface area (TPSA) is 257 Å². The van der Waals surface area contributed by atoms with Crippen LogP contribution in [0.1, 0.15) is 145 Å². The van der Waals surface area contributed by atoms with Crippen LogP contribution in [-0.4, -0.2) is 56.2 Å². The highest BCUT2D eigenvalue weighted by atomic mass is 35.5. The van der Waals surface area contributed by atoms with Crippen LogP contribution in [0, 0.1) is 82.5 Å². The molecule has 0 atom stereocenters. The number of aliphatic hydroxyl groups excluding tert-OH is 3. The van der Waals surface area contributed by atoms with E-state index in [0.717, 1.165) is 72.7 Å². The lowest BCUT2D eigenvalue weighted by molar-refractivity contribution is -0.385. The minimum absolute atomic E-state index is 0. The molecule has 0 saturated carbocycles. The molecule has 6 aromatic rings. The number of anilines is 4. The summed E-state index contributed by atoms with van der Waals surface area (Å²) >= 11 is 4.82. The smallest absolute Gasteiger partial charge is 0.269 e. The van der Waals surface area contributed by atoms with Crippen LogP contribution in [0.3, 0.4) is 0 Å². The van der Waals surface area contributed by atoms with E-state index in [9.17, 15) is 29.8 Å². The van der Waals surface area contributed by atoms with Crippen LogP contribution in [0.4, 0.5) is 34.1 Å². The summed E-state index contributed by atoms with van der Waals surface area (Å²) in [6.45, 7) is 27.2. The van der Waals surface area contributed by atoms with Crippen molar-refractivity contribution in [3.8, 4) is 0 Å². The molecule has 0 aliphatic carbocycles. The Balaban J connectivity index is -0.000000157. The van der Waals surface area contributed by atoms with Gasteiger partial charge in [-0.3, -0.25) is 29.8 Å². The molecule has 1 saturated heterocycles. The Morgan fingerprint density at radius 3 is 1.21 bits per heavy atom.